The molecule has 0 aliphatic heterocycles. The Morgan fingerprint density at radius 3 is 2.90 bits per heavy atom. The van der Waals surface area contributed by atoms with Crippen LogP contribution in [0.5, 0.6) is 0 Å². The smallest absolute Gasteiger partial charge is 0.164 e. The van der Waals surface area contributed by atoms with E-state index in [1.807, 2.05) is 41.8 Å². The van der Waals surface area contributed by atoms with Crippen LogP contribution in [0, 0.1) is 18.3 Å². The molecule has 0 fully saturated rings. The fourth-order valence-electron chi connectivity index (χ4n) is 2.29. The van der Waals surface area contributed by atoms with E-state index >= 15 is 0 Å². The Kier molecular flexibility index (Phi) is 3.13. The fourth-order valence-corrected chi connectivity index (χ4v) is 2.47. The van der Waals surface area contributed by atoms with Crippen LogP contribution in [0.15, 0.2) is 36.5 Å². The number of aromatic nitrogens is 3. The van der Waals surface area contributed by atoms with Gasteiger partial charge in [-0.1, -0.05) is 12.1 Å². The van der Waals surface area contributed by atoms with Crippen molar-refractivity contribution in [3.8, 4) is 11.8 Å². The van der Waals surface area contributed by atoms with E-state index in [1.165, 1.54) is 0 Å². The van der Waals surface area contributed by atoms with Crippen LogP contribution >= 0.6 is 11.6 Å². The lowest BCUT2D eigenvalue weighted by molar-refractivity contribution is 0.964. The van der Waals surface area contributed by atoms with Gasteiger partial charge in [-0.3, -0.25) is 4.57 Å². The molecule has 0 aliphatic carbocycles. The molecule has 0 bridgehead atoms. The summed E-state index contributed by atoms with van der Waals surface area (Å²) >= 11 is 5.99. The first-order valence-corrected chi connectivity index (χ1v) is 6.68. The number of hydrogen-bond donors (Lipinski definition) is 0. The van der Waals surface area contributed by atoms with Gasteiger partial charge in [0.05, 0.1) is 17.1 Å². The second-order valence-electron chi connectivity index (χ2n) is 4.42. The van der Waals surface area contributed by atoms with Crippen molar-refractivity contribution in [2.75, 3.05) is 0 Å². The maximum absolute atomic E-state index is 9.40. The number of imidazole rings is 1. The van der Waals surface area contributed by atoms with Crippen LogP contribution in [-0.4, -0.2) is 14.5 Å². The first-order chi connectivity index (χ1) is 9.76. The zero-order valence-electron chi connectivity index (χ0n) is 10.8. The first-order valence-electron chi connectivity index (χ1n) is 6.14. The molecule has 0 saturated carbocycles. The van der Waals surface area contributed by atoms with Gasteiger partial charge in [-0.05, 0) is 30.7 Å². The number of pyridine rings is 1. The lowest BCUT2D eigenvalue weighted by atomic mass is 10.1. The maximum Gasteiger partial charge on any atom is 0.164 e. The number of fused-ring (bicyclic) bond motifs is 1. The Morgan fingerprint density at radius 1 is 1.30 bits per heavy atom. The zero-order chi connectivity index (χ0) is 14.1. The molecular formula is C15H11ClN4. The van der Waals surface area contributed by atoms with Gasteiger partial charge in [0.1, 0.15) is 17.4 Å². The maximum atomic E-state index is 9.40. The Morgan fingerprint density at radius 2 is 2.15 bits per heavy atom. The summed E-state index contributed by atoms with van der Waals surface area (Å²) in [5.41, 5.74) is 3.79. The molecule has 0 aliphatic rings. The summed E-state index contributed by atoms with van der Waals surface area (Å²) in [7, 11) is 0. The minimum Gasteiger partial charge on any atom is -0.278 e. The van der Waals surface area contributed by atoms with Gasteiger partial charge in [-0.2, -0.15) is 5.26 Å². The number of alkyl halides is 1. The molecule has 4 nitrogen and oxygen atoms in total. The van der Waals surface area contributed by atoms with Crippen LogP contribution in [0.3, 0.4) is 0 Å². The van der Waals surface area contributed by atoms with Crippen LogP contribution in [0.4, 0.5) is 0 Å². The van der Waals surface area contributed by atoms with E-state index in [-0.39, 0.29) is 5.88 Å². The van der Waals surface area contributed by atoms with Crippen LogP contribution in [-0.2, 0) is 5.88 Å². The van der Waals surface area contributed by atoms with Crippen molar-refractivity contribution in [2.24, 2.45) is 0 Å². The number of aryl methyl sites for hydroxylation is 1. The minimum atomic E-state index is 0.259. The summed E-state index contributed by atoms with van der Waals surface area (Å²) in [5.74, 6) is 0.942. The lowest BCUT2D eigenvalue weighted by Crippen LogP contribution is -2.03. The minimum absolute atomic E-state index is 0.259. The highest BCUT2D eigenvalue weighted by Crippen LogP contribution is 2.24. The summed E-state index contributed by atoms with van der Waals surface area (Å²) in [5, 5.41) is 9.40. The fraction of sp³-hybridized carbons (Fsp3) is 0.133. The molecule has 0 N–H and O–H groups in total. The predicted octanol–water partition coefficient (Wildman–Crippen LogP) is 3.34. The Bertz CT molecular complexity index is 829. The summed E-state index contributed by atoms with van der Waals surface area (Å²) in [6, 6.07) is 11.7. The van der Waals surface area contributed by atoms with Gasteiger partial charge >= 0.3 is 0 Å². The van der Waals surface area contributed by atoms with E-state index in [9.17, 15) is 5.26 Å². The van der Waals surface area contributed by atoms with Gasteiger partial charge < -0.3 is 0 Å². The van der Waals surface area contributed by atoms with Gasteiger partial charge in [0.2, 0.25) is 0 Å². The van der Waals surface area contributed by atoms with Crippen molar-refractivity contribution in [3.05, 3.63) is 53.5 Å². The molecule has 2 heterocycles. The predicted molar refractivity (Wildman–Crippen MR) is 77.9 cm³/mol. The van der Waals surface area contributed by atoms with E-state index in [0.717, 1.165) is 16.8 Å². The average molecular weight is 283 g/mol. The molecule has 1 aromatic carbocycles. The van der Waals surface area contributed by atoms with Gasteiger partial charge in [-0.25, -0.2) is 9.97 Å². The van der Waals surface area contributed by atoms with Gasteiger partial charge in [0.25, 0.3) is 0 Å². The third-order valence-electron chi connectivity index (χ3n) is 3.21. The zero-order valence-corrected chi connectivity index (χ0v) is 11.6. The van der Waals surface area contributed by atoms with Crippen molar-refractivity contribution in [1.82, 2.24) is 14.5 Å². The van der Waals surface area contributed by atoms with Crippen LogP contribution in [0.1, 0.15) is 17.0 Å². The number of benzene rings is 1. The monoisotopic (exact) mass is 282 g/mol. The van der Waals surface area contributed by atoms with E-state index in [0.29, 0.717) is 17.0 Å². The number of halogens is 1. The molecule has 20 heavy (non-hydrogen) atoms. The number of rotatable bonds is 2. The molecule has 2 aromatic heterocycles. The van der Waals surface area contributed by atoms with Crippen LogP contribution in [0.2, 0.25) is 0 Å². The molecule has 98 valence electrons. The van der Waals surface area contributed by atoms with Crippen molar-refractivity contribution in [3.63, 3.8) is 0 Å². The van der Waals surface area contributed by atoms with E-state index in [2.05, 4.69) is 16.0 Å². The highest BCUT2D eigenvalue weighted by molar-refractivity contribution is 6.17. The third-order valence-corrected chi connectivity index (χ3v) is 3.45. The highest BCUT2D eigenvalue weighted by atomic mass is 35.5. The summed E-state index contributed by atoms with van der Waals surface area (Å²) in [6.45, 7) is 1.91. The van der Waals surface area contributed by atoms with Crippen molar-refractivity contribution >= 4 is 22.8 Å². The number of hydrogen-bond acceptors (Lipinski definition) is 3. The standard InChI is InChI=1S/C15H11ClN4/c1-10-4-2-6-13(11(10)9-17)20-14(8-16)19-12-5-3-7-18-15(12)20/h2-7H,8H2,1H3. The second-order valence-corrected chi connectivity index (χ2v) is 4.69. The SMILES string of the molecule is Cc1cccc(-n2c(CCl)nc3cccnc32)c1C#N. The second kappa shape index (κ2) is 4.95. The normalized spacial score (nSPS) is 10.7. The summed E-state index contributed by atoms with van der Waals surface area (Å²) in [4.78, 5) is 8.84. The molecule has 0 spiro atoms. The topological polar surface area (TPSA) is 54.5 Å². The molecule has 0 amide bonds. The lowest BCUT2D eigenvalue weighted by Gasteiger charge is -2.10. The largest absolute Gasteiger partial charge is 0.278 e. The first kappa shape index (κ1) is 12.6. The van der Waals surface area contributed by atoms with E-state index < -0.39 is 0 Å². The van der Waals surface area contributed by atoms with Gasteiger partial charge in [0.15, 0.2) is 5.65 Å². The summed E-state index contributed by atoms with van der Waals surface area (Å²) in [6.07, 6.45) is 1.71. The summed E-state index contributed by atoms with van der Waals surface area (Å²) < 4.78 is 1.86. The molecule has 0 unspecified atom stereocenters. The van der Waals surface area contributed by atoms with Crippen molar-refractivity contribution < 1.29 is 0 Å². The van der Waals surface area contributed by atoms with Gasteiger partial charge in [0, 0.05) is 6.20 Å². The van der Waals surface area contributed by atoms with Crippen molar-refractivity contribution in [1.29, 1.82) is 5.26 Å². The Balaban J connectivity index is 2.41. The highest BCUT2D eigenvalue weighted by Gasteiger charge is 2.16. The molecule has 3 aromatic rings. The molecule has 0 radical (unpaired) electrons. The number of nitriles is 1. The molecular weight excluding hydrogens is 272 g/mol. The van der Waals surface area contributed by atoms with E-state index in [1.54, 1.807) is 6.20 Å². The molecule has 0 saturated heterocycles. The van der Waals surface area contributed by atoms with Crippen LogP contribution in [0.25, 0.3) is 16.9 Å². The molecule has 0 atom stereocenters. The van der Waals surface area contributed by atoms with Crippen molar-refractivity contribution in [2.45, 2.75) is 12.8 Å². The van der Waals surface area contributed by atoms with Gasteiger partial charge in [-0.15, -0.1) is 11.6 Å². The Labute approximate surface area is 121 Å². The number of nitrogens with zero attached hydrogens (tertiary/aromatic N) is 4. The van der Waals surface area contributed by atoms with Crippen LogP contribution < -0.4 is 0 Å². The third kappa shape index (κ3) is 1.84. The molecule has 3 rings (SSSR count). The average Bonchev–Trinajstić information content (AvgIpc) is 2.85. The van der Waals surface area contributed by atoms with E-state index in [4.69, 9.17) is 11.6 Å². The Hall–Kier alpha value is -2.38. The quantitative estimate of drug-likeness (QED) is 0.677. The molecule has 5 heteroatoms.